The highest BCUT2D eigenvalue weighted by molar-refractivity contribution is 7.13. The molecule has 1 unspecified atom stereocenters. The molecular weight excluding hydrogens is 338 g/mol. The van der Waals surface area contributed by atoms with Crippen molar-refractivity contribution in [1.82, 2.24) is 14.8 Å². The summed E-state index contributed by atoms with van der Waals surface area (Å²) in [5.74, 6) is 0.871. The number of aromatic nitrogens is 1. The summed E-state index contributed by atoms with van der Waals surface area (Å²) in [6, 6.07) is 0. The fourth-order valence-corrected chi connectivity index (χ4v) is 5.21. The molecule has 0 radical (unpaired) electrons. The van der Waals surface area contributed by atoms with Crippen molar-refractivity contribution >= 4 is 23.2 Å². The normalized spacial score (nSPS) is 25.4. The summed E-state index contributed by atoms with van der Waals surface area (Å²) >= 11 is 1.47. The molecule has 1 aromatic rings. The third-order valence-electron chi connectivity index (χ3n) is 5.90. The minimum absolute atomic E-state index is 0.0753. The molecule has 0 bridgehead atoms. The lowest BCUT2D eigenvalue weighted by atomic mass is 9.73. The van der Waals surface area contributed by atoms with Crippen molar-refractivity contribution in [3.05, 3.63) is 15.6 Å². The van der Waals surface area contributed by atoms with Crippen LogP contribution in [0.15, 0.2) is 0 Å². The fraction of sp³-hybridized carbons (Fsp3) is 0.722. The molecule has 2 aliphatic heterocycles. The van der Waals surface area contributed by atoms with Crippen molar-refractivity contribution in [2.75, 3.05) is 26.7 Å². The third kappa shape index (κ3) is 2.68. The van der Waals surface area contributed by atoms with Crippen LogP contribution in [0.25, 0.3) is 0 Å². The van der Waals surface area contributed by atoms with E-state index < -0.39 is 0 Å². The van der Waals surface area contributed by atoms with Gasteiger partial charge in [-0.2, -0.15) is 0 Å². The van der Waals surface area contributed by atoms with Gasteiger partial charge in [0, 0.05) is 26.7 Å². The Hall–Kier alpha value is -1.47. The maximum absolute atomic E-state index is 12.8. The zero-order valence-electron chi connectivity index (χ0n) is 15.1. The number of carbonyl (C=O) groups excluding carboxylic acids is 2. The van der Waals surface area contributed by atoms with Crippen LogP contribution >= 0.6 is 11.3 Å². The Balaban J connectivity index is 1.47. The highest BCUT2D eigenvalue weighted by atomic mass is 32.1. The number of thiazole rings is 1. The van der Waals surface area contributed by atoms with Gasteiger partial charge in [-0.15, -0.1) is 11.3 Å². The van der Waals surface area contributed by atoms with Crippen LogP contribution in [0.2, 0.25) is 0 Å². The van der Waals surface area contributed by atoms with E-state index in [9.17, 15) is 9.59 Å². The largest absolute Gasteiger partial charge is 0.369 e. The lowest BCUT2D eigenvalue weighted by Gasteiger charge is -2.59. The lowest BCUT2D eigenvalue weighted by Crippen LogP contribution is -2.77. The first-order valence-corrected chi connectivity index (χ1v) is 9.85. The molecule has 25 heavy (non-hydrogen) atoms. The van der Waals surface area contributed by atoms with Gasteiger partial charge in [0.05, 0.1) is 16.2 Å². The van der Waals surface area contributed by atoms with Gasteiger partial charge in [0.2, 0.25) is 0 Å². The van der Waals surface area contributed by atoms with Gasteiger partial charge in [-0.1, -0.05) is 0 Å². The van der Waals surface area contributed by atoms with Gasteiger partial charge in [0.15, 0.2) is 6.10 Å². The first-order chi connectivity index (χ1) is 12.0. The minimum atomic E-state index is -0.337. The topological polar surface area (TPSA) is 62.7 Å². The van der Waals surface area contributed by atoms with Crippen molar-refractivity contribution < 1.29 is 14.3 Å². The predicted molar refractivity (Wildman–Crippen MR) is 94.7 cm³/mol. The number of hydrogen-bond donors (Lipinski definition) is 0. The van der Waals surface area contributed by atoms with Crippen molar-refractivity contribution in [2.45, 2.75) is 51.2 Å². The summed E-state index contributed by atoms with van der Waals surface area (Å²) in [4.78, 5) is 34.3. The van der Waals surface area contributed by atoms with E-state index in [0.29, 0.717) is 19.0 Å². The smallest absolute Gasteiger partial charge is 0.265 e. The van der Waals surface area contributed by atoms with Gasteiger partial charge in [-0.05, 0) is 45.4 Å². The molecule has 2 amide bonds. The highest BCUT2D eigenvalue weighted by Gasteiger charge is 2.61. The third-order valence-corrected chi connectivity index (χ3v) is 6.96. The number of amides is 2. The Bertz CT molecular complexity index is 704. The van der Waals surface area contributed by atoms with E-state index in [-0.39, 0.29) is 23.5 Å². The average molecular weight is 363 g/mol. The maximum Gasteiger partial charge on any atom is 0.265 e. The van der Waals surface area contributed by atoms with Crippen molar-refractivity contribution in [1.29, 1.82) is 0 Å². The Morgan fingerprint density at radius 1 is 1.32 bits per heavy atom. The van der Waals surface area contributed by atoms with Crippen LogP contribution in [0.3, 0.4) is 0 Å². The summed E-state index contributed by atoms with van der Waals surface area (Å²) < 4.78 is 5.52. The van der Waals surface area contributed by atoms with Crippen LogP contribution in [0, 0.1) is 19.8 Å². The molecule has 1 aromatic heterocycles. The van der Waals surface area contributed by atoms with E-state index in [1.165, 1.54) is 24.2 Å². The van der Waals surface area contributed by atoms with Gasteiger partial charge >= 0.3 is 0 Å². The maximum atomic E-state index is 12.8. The Kier molecular flexibility index (Phi) is 4.11. The number of β-lactam (4-membered cyclic amide) rings is 1. The lowest BCUT2D eigenvalue weighted by molar-refractivity contribution is -0.198. The molecule has 3 aliphatic rings. The first kappa shape index (κ1) is 17.0. The molecule has 6 nitrogen and oxygen atoms in total. The minimum Gasteiger partial charge on any atom is -0.369 e. The SMILES string of the molecule is COC1C(=O)N(CC2CC2)C12CCN(C(=O)c1sc(C)nc1C)CC2. The zero-order valence-corrected chi connectivity index (χ0v) is 15.9. The van der Waals surface area contributed by atoms with E-state index in [0.717, 1.165) is 35.0 Å². The average Bonchev–Trinajstić information content (AvgIpc) is 3.36. The number of ether oxygens (including phenoxy) is 1. The summed E-state index contributed by atoms with van der Waals surface area (Å²) in [5.41, 5.74) is 0.612. The van der Waals surface area contributed by atoms with E-state index >= 15 is 0 Å². The number of aryl methyl sites for hydroxylation is 2. The quantitative estimate of drug-likeness (QED) is 0.768. The summed E-state index contributed by atoms with van der Waals surface area (Å²) in [6.07, 6.45) is 3.72. The molecule has 0 N–H and O–H groups in total. The van der Waals surface area contributed by atoms with Gasteiger partial charge in [-0.25, -0.2) is 4.98 Å². The molecule has 0 aromatic carbocycles. The Morgan fingerprint density at radius 3 is 2.52 bits per heavy atom. The molecule has 4 rings (SSSR count). The highest BCUT2D eigenvalue weighted by Crippen LogP contribution is 2.45. The van der Waals surface area contributed by atoms with Crippen LogP contribution < -0.4 is 0 Å². The number of rotatable bonds is 4. The second-order valence-electron chi connectivity index (χ2n) is 7.55. The van der Waals surface area contributed by atoms with Crippen molar-refractivity contribution in [2.24, 2.45) is 5.92 Å². The van der Waals surface area contributed by atoms with Gasteiger partial charge in [-0.3, -0.25) is 9.59 Å². The molecule has 1 saturated carbocycles. The summed E-state index contributed by atoms with van der Waals surface area (Å²) in [7, 11) is 1.62. The van der Waals surface area contributed by atoms with E-state index in [4.69, 9.17) is 4.74 Å². The molecule has 3 fully saturated rings. The number of hydrogen-bond acceptors (Lipinski definition) is 5. The number of carbonyl (C=O) groups is 2. The zero-order chi connectivity index (χ0) is 17.8. The standard InChI is InChI=1S/C18H25N3O3S/c1-11-14(25-12(2)19-11)16(22)20-8-6-18(7-9-20)15(24-3)17(23)21(18)10-13-4-5-13/h13,15H,4-10H2,1-3H3. The molecule has 1 aliphatic carbocycles. The van der Waals surface area contributed by atoms with Gasteiger partial charge < -0.3 is 14.5 Å². The Labute approximate surface area is 152 Å². The number of methoxy groups -OCH3 is 1. The predicted octanol–water partition coefficient (Wildman–Crippen LogP) is 2.00. The van der Waals surface area contributed by atoms with Crippen LogP contribution in [0.4, 0.5) is 0 Å². The number of likely N-dealkylation sites (tertiary alicyclic amines) is 2. The van der Waals surface area contributed by atoms with E-state index in [1.807, 2.05) is 23.6 Å². The number of piperidine rings is 1. The number of nitrogens with zero attached hydrogens (tertiary/aromatic N) is 3. The fourth-order valence-electron chi connectivity index (χ4n) is 4.32. The molecule has 7 heteroatoms. The summed E-state index contributed by atoms with van der Waals surface area (Å²) in [5, 5.41) is 0.925. The summed E-state index contributed by atoms with van der Waals surface area (Å²) in [6.45, 7) is 6.02. The van der Waals surface area contributed by atoms with Crippen LogP contribution in [-0.2, 0) is 9.53 Å². The van der Waals surface area contributed by atoms with Crippen molar-refractivity contribution in [3.63, 3.8) is 0 Å². The Morgan fingerprint density at radius 2 is 2.00 bits per heavy atom. The van der Waals surface area contributed by atoms with Gasteiger partial charge in [0.1, 0.15) is 4.88 Å². The molecular formula is C18H25N3O3S. The first-order valence-electron chi connectivity index (χ1n) is 9.04. The molecule has 3 heterocycles. The second-order valence-corrected chi connectivity index (χ2v) is 8.75. The van der Waals surface area contributed by atoms with E-state index in [2.05, 4.69) is 4.98 Å². The van der Waals surface area contributed by atoms with Crippen LogP contribution in [-0.4, -0.2) is 65.0 Å². The molecule has 1 atom stereocenters. The molecule has 1 spiro atoms. The monoisotopic (exact) mass is 363 g/mol. The van der Waals surface area contributed by atoms with Gasteiger partial charge in [0.25, 0.3) is 11.8 Å². The van der Waals surface area contributed by atoms with Crippen molar-refractivity contribution in [3.8, 4) is 0 Å². The van der Waals surface area contributed by atoms with Crippen LogP contribution in [0.1, 0.15) is 46.1 Å². The van der Waals surface area contributed by atoms with E-state index in [1.54, 1.807) is 7.11 Å². The molecule has 136 valence electrons. The van der Waals surface area contributed by atoms with Crippen LogP contribution in [0.5, 0.6) is 0 Å². The molecule has 2 saturated heterocycles. The second kappa shape index (κ2) is 6.06.